The second-order valence-corrected chi connectivity index (χ2v) is 5.61. The number of anilines is 1. The molecule has 6 heteroatoms. The van der Waals surface area contributed by atoms with Crippen LogP contribution in [0.5, 0.6) is 0 Å². The van der Waals surface area contributed by atoms with Crippen LogP contribution < -0.4 is 17.0 Å². The lowest BCUT2D eigenvalue weighted by Crippen LogP contribution is -2.29. The molecule has 0 aliphatic carbocycles. The number of hydrazine groups is 1. The molecule has 0 aliphatic heterocycles. The summed E-state index contributed by atoms with van der Waals surface area (Å²) in [5, 5.41) is 0. The van der Waals surface area contributed by atoms with Crippen LogP contribution in [0.2, 0.25) is 0 Å². The minimum atomic E-state index is -0.113. The normalized spacial score (nSPS) is 10.2. The van der Waals surface area contributed by atoms with Crippen molar-refractivity contribution in [2.24, 2.45) is 5.84 Å². The summed E-state index contributed by atoms with van der Waals surface area (Å²) in [5.74, 6) is 5.82. The van der Waals surface area contributed by atoms with Crippen molar-refractivity contribution in [2.75, 3.05) is 11.5 Å². The van der Waals surface area contributed by atoms with Crippen LogP contribution in [-0.2, 0) is 4.79 Å². The number of hydrogen-bond acceptors (Lipinski definition) is 4. The Morgan fingerprint density at radius 2 is 2.18 bits per heavy atom. The van der Waals surface area contributed by atoms with Crippen LogP contribution in [0.4, 0.5) is 5.69 Å². The van der Waals surface area contributed by atoms with Gasteiger partial charge < -0.3 is 5.73 Å². The van der Waals surface area contributed by atoms with E-state index < -0.39 is 0 Å². The highest BCUT2D eigenvalue weighted by Crippen LogP contribution is 2.28. The number of nitrogens with one attached hydrogen (secondary N) is 1. The minimum Gasteiger partial charge on any atom is -0.398 e. The number of halogens is 1. The fraction of sp³-hybridized carbons (Fsp3) is 0.364. The van der Waals surface area contributed by atoms with E-state index in [0.29, 0.717) is 6.42 Å². The third-order valence-electron chi connectivity index (χ3n) is 2.19. The van der Waals surface area contributed by atoms with E-state index in [4.69, 9.17) is 11.6 Å². The van der Waals surface area contributed by atoms with Crippen LogP contribution in [0.1, 0.15) is 19.3 Å². The van der Waals surface area contributed by atoms with Crippen molar-refractivity contribution in [3.8, 4) is 0 Å². The molecule has 0 unspecified atom stereocenters. The summed E-state index contributed by atoms with van der Waals surface area (Å²) < 4.78 is 0.985. The van der Waals surface area contributed by atoms with Gasteiger partial charge in [-0.15, -0.1) is 11.8 Å². The number of thioether (sulfide) groups is 1. The van der Waals surface area contributed by atoms with E-state index in [9.17, 15) is 4.79 Å². The third-order valence-corrected chi connectivity index (χ3v) is 3.86. The maximum atomic E-state index is 10.9. The molecule has 1 aromatic carbocycles. The Kier molecular flexibility index (Phi) is 6.39. The van der Waals surface area contributed by atoms with Crippen molar-refractivity contribution in [2.45, 2.75) is 24.2 Å². The number of hydrogen-bond donors (Lipinski definition) is 3. The highest BCUT2D eigenvalue weighted by molar-refractivity contribution is 9.10. The second-order valence-electron chi connectivity index (χ2n) is 3.56. The first-order valence-electron chi connectivity index (χ1n) is 5.30. The highest BCUT2D eigenvalue weighted by Gasteiger charge is 2.01. The Bertz CT molecular complexity index is 387. The third kappa shape index (κ3) is 5.43. The molecule has 0 bridgehead atoms. The van der Waals surface area contributed by atoms with Crippen molar-refractivity contribution in [3.63, 3.8) is 0 Å². The van der Waals surface area contributed by atoms with Gasteiger partial charge in [-0.25, -0.2) is 5.84 Å². The van der Waals surface area contributed by atoms with E-state index in [-0.39, 0.29) is 5.91 Å². The second kappa shape index (κ2) is 7.58. The first-order valence-corrected chi connectivity index (χ1v) is 7.08. The standard InChI is InChI=1S/C11H16BrN3OS/c12-8-4-5-10(9(13)7-8)17-6-2-1-3-11(16)15-14/h4-5,7H,1-3,6,13-14H2,(H,15,16). The number of nitrogens with two attached hydrogens (primary N) is 2. The predicted octanol–water partition coefficient (Wildman–Crippen LogP) is 2.28. The Balaban J connectivity index is 2.24. The molecule has 0 aliphatic rings. The summed E-state index contributed by atoms with van der Waals surface area (Å²) in [7, 11) is 0. The Hall–Kier alpha value is -0.720. The van der Waals surface area contributed by atoms with Crippen molar-refractivity contribution in [1.29, 1.82) is 0 Å². The van der Waals surface area contributed by atoms with E-state index in [1.807, 2.05) is 18.2 Å². The van der Waals surface area contributed by atoms with Crippen LogP contribution in [-0.4, -0.2) is 11.7 Å². The lowest BCUT2D eigenvalue weighted by molar-refractivity contribution is -0.121. The summed E-state index contributed by atoms with van der Waals surface area (Å²) in [6.07, 6.45) is 2.28. The average molecular weight is 318 g/mol. The lowest BCUT2D eigenvalue weighted by Gasteiger charge is -2.05. The molecular weight excluding hydrogens is 302 g/mol. The van der Waals surface area contributed by atoms with Gasteiger partial charge in [0.1, 0.15) is 0 Å². The van der Waals surface area contributed by atoms with Crippen molar-refractivity contribution >= 4 is 39.3 Å². The van der Waals surface area contributed by atoms with Gasteiger partial charge in [0, 0.05) is 21.5 Å². The highest BCUT2D eigenvalue weighted by atomic mass is 79.9. The molecule has 0 atom stereocenters. The molecule has 1 amide bonds. The summed E-state index contributed by atoms with van der Waals surface area (Å²) in [6.45, 7) is 0. The van der Waals surface area contributed by atoms with Crippen LogP contribution in [0.3, 0.4) is 0 Å². The van der Waals surface area contributed by atoms with Gasteiger partial charge in [-0.2, -0.15) is 0 Å². The first-order chi connectivity index (χ1) is 8.13. The largest absolute Gasteiger partial charge is 0.398 e. The van der Waals surface area contributed by atoms with E-state index in [0.717, 1.165) is 33.7 Å². The molecule has 1 rings (SSSR count). The number of amides is 1. The summed E-state index contributed by atoms with van der Waals surface area (Å²) in [4.78, 5) is 11.9. The zero-order valence-electron chi connectivity index (χ0n) is 9.41. The van der Waals surface area contributed by atoms with E-state index in [1.165, 1.54) is 0 Å². The van der Waals surface area contributed by atoms with Crippen molar-refractivity contribution < 1.29 is 4.79 Å². The lowest BCUT2D eigenvalue weighted by atomic mass is 10.2. The molecule has 1 aromatic rings. The fourth-order valence-corrected chi connectivity index (χ4v) is 2.63. The van der Waals surface area contributed by atoms with Gasteiger partial charge in [0.15, 0.2) is 0 Å². The van der Waals surface area contributed by atoms with E-state index in [1.54, 1.807) is 11.8 Å². The molecule has 94 valence electrons. The molecule has 0 radical (unpaired) electrons. The van der Waals surface area contributed by atoms with Gasteiger partial charge in [0.25, 0.3) is 0 Å². The first kappa shape index (κ1) is 14.3. The molecule has 0 heterocycles. The summed E-state index contributed by atoms with van der Waals surface area (Å²) in [5.41, 5.74) is 8.77. The quantitative estimate of drug-likeness (QED) is 0.188. The average Bonchev–Trinajstić information content (AvgIpc) is 2.30. The smallest absolute Gasteiger partial charge is 0.233 e. The molecule has 5 N–H and O–H groups in total. The van der Waals surface area contributed by atoms with Gasteiger partial charge in [0.05, 0.1) is 0 Å². The van der Waals surface area contributed by atoms with Gasteiger partial charge in [-0.1, -0.05) is 15.9 Å². The Morgan fingerprint density at radius 3 is 2.82 bits per heavy atom. The van der Waals surface area contributed by atoms with E-state index in [2.05, 4.69) is 21.4 Å². The minimum absolute atomic E-state index is 0.113. The van der Waals surface area contributed by atoms with Gasteiger partial charge in [-0.3, -0.25) is 10.2 Å². The topological polar surface area (TPSA) is 81.1 Å². The molecule has 0 spiro atoms. The number of carbonyl (C=O) groups excluding carboxylic acids is 1. The Labute approximate surface area is 114 Å². The molecule has 4 nitrogen and oxygen atoms in total. The molecule has 0 fully saturated rings. The van der Waals surface area contributed by atoms with E-state index >= 15 is 0 Å². The molecule has 0 saturated heterocycles. The zero-order chi connectivity index (χ0) is 12.7. The van der Waals surface area contributed by atoms with Crippen LogP contribution in [0.15, 0.2) is 27.6 Å². The predicted molar refractivity (Wildman–Crippen MR) is 75.5 cm³/mol. The molecular formula is C11H16BrN3OS. The number of rotatable bonds is 6. The molecule has 0 saturated carbocycles. The maximum absolute atomic E-state index is 10.9. The molecule has 0 aromatic heterocycles. The number of benzene rings is 1. The maximum Gasteiger partial charge on any atom is 0.233 e. The van der Waals surface area contributed by atoms with Crippen LogP contribution in [0.25, 0.3) is 0 Å². The zero-order valence-corrected chi connectivity index (χ0v) is 11.8. The van der Waals surface area contributed by atoms with Crippen LogP contribution >= 0.6 is 27.7 Å². The van der Waals surface area contributed by atoms with Crippen molar-refractivity contribution in [1.82, 2.24) is 5.43 Å². The van der Waals surface area contributed by atoms with Gasteiger partial charge >= 0.3 is 0 Å². The fourth-order valence-electron chi connectivity index (χ4n) is 1.29. The number of carbonyl (C=O) groups is 1. The summed E-state index contributed by atoms with van der Waals surface area (Å²) in [6, 6.07) is 5.86. The van der Waals surface area contributed by atoms with Crippen LogP contribution in [0, 0.1) is 0 Å². The van der Waals surface area contributed by atoms with Crippen molar-refractivity contribution in [3.05, 3.63) is 22.7 Å². The van der Waals surface area contributed by atoms with Gasteiger partial charge in [0.2, 0.25) is 5.91 Å². The van der Waals surface area contributed by atoms with Gasteiger partial charge in [-0.05, 0) is 36.8 Å². The molecule has 17 heavy (non-hydrogen) atoms. The number of nitrogen functional groups attached to an aromatic ring is 1. The summed E-state index contributed by atoms with van der Waals surface area (Å²) >= 11 is 5.07. The SMILES string of the molecule is NNC(=O)CCCCSc1ccc(Br)cc1N. The number of unbranched alkanes of at least 4 members (excludes halogenated alkanes) is 1. The Morgan fingerprint density at radius 1 is 1.41 bits per heavy atom. The monoisotopic (exact) mass is 317 g/mol.